The van der Waals surface area contributed by atoms with Crippen molar-refractivity contribution in [3.05, 3.63) is 64.2 Å². The lowest BCUT2D eigenvalue weighted by Gasteiger charge is -2.13. The van der Waals surface area contributed by atoms with Crippen LogP contribution in [0, 0.1) is 20.8 Å². The van der Waals surface area contributed by atoms with Gasteiger partial charge in [-0.25, -0.2) is 0 Å². The molecule has 0 saturated heterocycles. The highest BCUT2D eigenvalue weighted by molar-refractivity contribution is 5.39. The predicted octanol–water partition coefficient (Wildman–Crippen LogP) is 3.65. The maximum absolute atomic E-state index is 5.93. The summed E-state index contributed by atoms with van der Waals surface area (Å²) in [6.07, 6.45) is 0. The minimum atomic E-state index is 0.582. The molecule has 0 aliphatic rings. The third-order valence-electron chi connectivity index (χ3n) is 3.58. The molecule has 0 unspecified atom stereocenters. The van der Waals surface area contributed by atoms with Gasteiger partial charge in [-0.15, -0.1) is 0 Å². The Kier molecular flexibility index (Phi) is 4.23. The summed E-state index contributed by atoms with van der Waals surface area (Å²) in [5.41, 5.74) is 11.7. The molecule has 2 aromatic rings. The van der Waals surface area contributed by atoms with Gasteiger partial charge >= 0.3 is 0 Å². The molecule has 0 amide bonds. The molecule has 0 aliphatic heterocycles. The smallest absolute Gasteiger partial charge is 0.122 e. The summed E-state index contributed by atoms with van der Waals surface area (Å²) < 4.78 is 5.93. The average Bonchev–Trinajstić information content (AvgIpc) is 2.41. The Morgan fingerprint density at radius 3 is 2.47 bits per heavy atom. The van der Waals surface area contributed by atoms with Gasteiger partial charge in [0, 0.05) is 6.54 Å². The fourth-order valence-corrected chi connectivity index (χ4v) is 2.08. The van der Waals surface area contributed by atoms with Gasteiger partial charge in [-0.2, -0.15) is 0 Å². The lowest BCUT2D eigenvalue weighted by molar-refractivity contribution is 0.303. The summed E-state index contributed by atoms with van der Waals surface area (Å²) in [5, 5.41) is 0. The molecule has 2 rings (SSSR count). The van der Waals surface area contributed by atoms with E-state index < -0.39 is 0 Å². The van der Waals surface area contributed by atoms with Crippen LogP contribution in [-0.2, 0) is 13.2 Å². The predicted molar refractivity (Wildman–Crippen MR) is 79.3 cm³/mol. The molecule has 0 aliphatic carbocycles. The Labute approximate surface area is 115 Å². The summed E-state index contributed by atoms with van der Waals surface area (Å²) in [6.45, 7) is 7.47. The van der Waals surface area contributed by atoms with Crippen LogP contribution in [0.15, 0.2) is 36.4 Å². The number of ether oxygens (including phenoxy) is 1. The molecular weight excluding hydrogens is 234 g/mol. The molecule has 0 bridgehead atoms. The summed E-state index contributed by atoms with van der Waals surface area (Å²) in [7, 11) is 0. The van der Waals surface area contributed by atoms with E-state index in [4.69, 9.17) is 10.5 Å². The fourth-order valence-electron chi connectivity index (χ4n) is 2.08. The Balaban J connectivity index is 2.12. The van der Waals surface area contributed by atoms with Crippen molar-refractivity contribution < 1.29 is 4.74 Å². The van der Waals surface area contributed by atoms with Gasteiger partial charge in [0.2, 0.25) is 0 Å². The van der Waals surface area contributed by atoms with E-state index in [-0.39, 0.29) is 0 Å². The quantitative estimate of drug-likeness (QED) is 0.905. The average molecular weight is 255 g/mol. The molecule has 0 saturated carbocycles. The number of hydrogen-bond acceptors (Lipinski definition) is 2. The van der Waals surface area contributed by atoms with Gasteiger partial charge in [-0.1, -0.05) is 30.3 Å². The molecule has 2 N–H and O–H groups in total. The zero-order chi connectivity index (χ0) is 13.8. The van der Waals surface area contributed by atoms with Crippen LogP contribution in [0.25, 0.3) is 0 Å². The molecule has 0 radical (unpaired) electrons. The summed E-state index contributed by atoms with van der Waals surface area (Å²) in [5.74, 6) is 0.960. The number of benzene rings is 2. The zero-order valence-corrected chi connectivity index (χ0v) is 11.9. The molecule has 0 aromatic heterocycles. The molecule has 2 nitrogen and oxygen atoms in total. The van der Waals surface area contributed by atoms with Gasteiger partial charge in [0.05, 0.1) is 0 Å². The maximum atomic E-state index is 5.93. The number of nitrogens with two attached hydrogens (primary N) is 1. The minimum Gasteiger partial charge on any atom is -0.489 e. The molecule has 0 fully saturated rings. The fraction of sp³-hybridized carbons (Fsp3) is 0.294. The van der Waals surface area contributed by atoms with Gasteiger partial charge in [-0.05, 0) is 54.7 Å². The monoisotopic (exact) mass is 255 g/mol. The number of hydrogen-bond donors (Lipinski definition) is 1. The molecule has 0 spiro atoms. The Morgan fingerprint density at radius 2 is 1.79 bits per heavy atom. The van der Waals surface area contributed by atoms with E-state index in [1.165, 1.54) is 22.3 Å². The summed E-state index contributed by atoms with van der Waals surface area (Å²) >= 11 is 0. The van der Waals surface area contributed by atoms with Crippen molar-refractivity contribution in [2.24, 2.45) is 5.73 Å². The van der Waals surface area contributed by atoms with E-state index >= 15 is 0 Å². The first-order valence-electron chi connectivity index (χ1n) is 6.59. The van der Waals surface area contributed by atoms with Crippen molar-refractivity contribution in [1.29, 1.82) is 0 Å². The molecule has 0 heterocycles. The van der Waals surface area contributed by atoms with Crippen LogP contribution in [0.2, 0.25) is 0 Å². The molecular formula is C17H21NO. The van der Waals surface area contributed by atoms with Gasteiger partial charge in [0.15, 0.2) is 0 Å². The van der Waals surface area contributed by atoms with Crippen molar-refractivity contribution in [3.8, 4) is 5.75 Å². The van der Waals surface area contributed by atoms with Crippen LogP contribution in [0.5, 0.6) is 5.75 Å². The third kappa shape index (κ3) is 3.15. The van der Waals surface area contributed by atoms with Crippen molar-refractivity contribution in [2.75, 3.05) is 0 Å². The van der Waals surface area contributed by atoms with Crippen molar-refractivity contribution >= 4 is 0 Å². The van der Waals surface area contributed by atoms with Crippen LogP contribution in [0.4, 0.5) is 0 Å². The Hall–Kier alpha value is -1.80. The van der Waals surface area contributed by atoms with Crippen LogP contribution < -0.4 is 10.5 Å². The second-order valence-corrected chi connectivity index (χ2v) is 4.95. The second kappa shape index (κ2) is 5.89. The second-order valence-electron chi connectivity index (χ2n) is 4.95. The number of rotatable bonds is 4. The van der Waals surface area contributed by atoms with Gasteiger partial charge < -0.3 is 10.5 Å². The molecule has 2 heteroatoms. The van der Waals surface area contributed by atoms with Crippen molar-refractivity contribution in [2.45, 2.75) is 33.9 Å². The topological polar surface area (TPSA) is 35.2 Å². The summed E-state index contributed by atoms with van der Waals surface area (Å²) in [6, 6.07) is 12.4. The highest BCUT2D eigenvalue weighted by Crippen LogP contribution is 2.22. The van der Waals surface area contributed by atoms with Gasteiger partial charge in [0.25, 0.3) is 0 Å². The van der Waals surface area contributed by atoms with E-state index in [0.29, 0.717) is 13.2 Å². The molecule has 100 valence electrons. The highest BCUT2D eigenvalue weighted by atomic mass is 16.5. The van der Waals surface area contributed by atoms with Crippen molar-refractivity contribution in [1.82, 2.24) is 0 Å². The van der Waals surface area contributed by atoms with Gasteiger partial charge in [-0.3, -0.25) is 0 Å². The Morgan fingerprint density at radius 1 is 1.00 bits per heavy atom. The van der Waals surface area contributed by atoms with Gasteiger partial charge in [0.1, 0.15) is 12.4 Å². The number of aryl methyl sites for hydroxylation is 2. The highest BCUT2D eigenvalue weighted by Gasteiger charge is 2.04. The van der Waals surface area contributed by atoms with Crippen LogP contribution in [0.1, 0.15) is 27.8 Å². The van der Waals surface area contributed by atoms with E-state index in [9.17, 15) is 0 Å². The van der Waals surface area contributed by atoms with E-state index in [1.807, 2.05) is 12.1 Å². The minimum absolute atomic E-state index is 0.582. The normalized spacial score (nSPS) is 10.5. The lowest BCUT2D eigenvalue weighted by atomic mass is 10.1. The van der Waals surface area contributed by atoms with Crippen LogP contribution >= 0.6 is 0 Å². The summed E-state index contributed by atoms with van der Waals surface area (Å²) in [4.78, 5) is 0. The first kappa shape index (κ1) is 13.6. The molecule has 2 aromatic carbocycles. The van der Waals surface area contributed by atoms with E-state index in [1.54, 1.807) is 0 Å². The van der Waals surface area contributed by atoms with Crippen molar-refractivity contribution in [3.63, 3.8) is 0 Å². The molecule has 0 atom stereocenters. The van der Waals surface area contributed by atoms with Crippen LogP contribution in [-0.4, -0.2) is 0 Å². The maximum Gasteiger partial charge on any atom is 0.122 e. The standard InChI is InChI=1S/C17H21NO/c1-12-5-4-6-17(14(12)3)19-11-16-8-7-15(10-18)9-13(16)2/h4-9H,10-11,18H2,1-3H3. The Bertz CT molecular complexity index is 575. The van der Waals surface area contributed by atoms with Crippen LogP contribution in [0.3, 0.4) is 0 Å². The third-order valence-corrected chi connectivity index (χ3v) is 3.58. The first-order chi connectivity index (χ1) is 9.11. The SMILES string of the molecule is Cc1cc(CN)ccc1COc1cccc(C)c1C. The zero-order valence-electron chi connectivity index (χ0n) is 11.9. The van der Waals surface area contributed by atoms with E-state index in [2.05, 4.69) is 45.0 Å². The van der Waals surface area contributed by atoms with E-state index in [0.717, 1.165) is 11.3 Å². The first-order valence-corrected chi connectivity index (χ1v) is 6.59. The largest absolute Gasteiger partial charge is 0.489 e. The molecule has 19 heavy (non-hydrogen) atoms. The lowest BCUT2D eigenvalue weighted by Crippen LogP contribution is -2.02.